The molecular weight excluding hydrogens is 498 g/mol. The van der Waals surface area contributed by atoms with E-state index < -0.39 is 22.5 Å². The Morgan fingerprint density at radius 2 is 1.53 bits per heavy atom. The SMILES string of the molecule is Cc1ccc(S(=O)(=O)N(CC(=O)N/N=C\c2ccccc2OCc2ccccc2)c2ccccc2C)cc1. The van der Waals surface area contributed by atoms with Crippen LogP contribution in [0.2, 0.25) is 0 Å². The molecule has 38 heavy (non-hydrogen) atoms. The molecule has 8 heteroatoms. The van der Waals surface area contributed by atoms with Crippen molar-refractivity contribution in [3.63, 3.8) is 0 Å². The van der Waals surface area contributed by atoms with Crippen molar-refractivity contribution in [2.45, 2.75) is 25.3 Å². The van der Waals surface area contributed by atoms with Gasteiger partial charge in [0.15, 0.2) is 0 Å². The van der Waals surface area contributed by atoms with Gasteiger partial charge in [0.25, 0.3) is 15.9 Å². The Bertz CT molecular complexity index is 1520. The van der Waals surface area contributed by atoms with Crippen molar-refractivity contribution in [1.29, 1.82) is 0 Å². The minimum Gasteiger partial charge on any atom is -0.488 e. The zero-order valence-electron chi connectivity index (χ0n) is 21.2. The van der Waals surface area contributed by atoms with E-state index in [-0.39, 0.29) is 4.90 Å². The van der Waals surface area contributed by atoms with E-state index in [0.717, 1.165) is 21.0 Å². The highest BCUT2D eigenvalue weighted by atomic mass is 32.2. The molecule has 4 aromatic rings. The number of carbonyl (C=O) groups is 1. The fourth-order valence-corrected chi connectivity index (χ4v) is 5.26. The molecule has 0 fully saturated rings. The van der Waals surface area contributed by atoms with E-state index in [2.05, 4.69) is 10.5 Å². The summed E-state index contributed by atoms with van der Waals surface area (Å²) in [6, 6.07) is 30.7. The first-order valence-electron chi connectivity index (χ1n) is 12.1. The van der Waals surface area contributed by atoms with E-state index in [1.54, 1.807) is 49.4 Å². The molecule has 0 bridgehead atoms. The lowest BCUT2D eigenvalue weighted by Gasteiger charge is -2.25. The summed E-state index contributed by atoms with van der Waals surface area (Å²) in [5.74, 6) is 0.0284. The second-order valence-electron chi connectivity index (χ2n) is 8.72. The molecule has 0 heterocycles. The molecule has 0 radical (unpaired) electrons. The molecule has 0 saturated carbocycles. The Labute approximate surface area is 223 Å². The number of aryl methyl sites for hydroxylation is 2. The summed E-state index contributed by atoms with van der Waals surface area (Å²) in [5.41, 5.74) is 6.24. The van der Waals surface area contributed by atoms with E-state index in [9.17, 15) is 13.2 Å². The maximum atomic E-state index is 13.6. The molecule has 0 spiro atoms. The Balaban J connectivity index is 1.50. The molecule has 1 amide bonds. The summed E-state index contributed by atoms with van der Waals surface area (Å²) in [5, 5.41) is 4.07. The number of amides is 1. The molecule has 1 N–H and O–H groups in total. The summed E-state index contributed by atoms with van der Waals surface area (Å²) in [7, 11) is -4.01. The Hall–Kier alpha value is -4.43. The number of sulfonamides is 1. The summed E-state index contributed by atoms with van der Waals surface area (Å²) in [6.45, 7) is 3.63. The zero-order chi connectivity index (χ0) is 27.0. The van der Waals surface area contributed by atoms with Crippen molar-refractivity contribution in [2.24, 2.45) is 5.10 Å². The number of rotatable bonds is 10. The van der Waals surface area contributed by atoms with Crippen molar-refractivity contribution in [2.75, 3.05) is 10.8 Å². The molecule has 0 aliphatic carbocycles. The van der Waals surface area contributed by atoms with Crippen molar-refractivity contribution in [1.82, 2.24) is 5.43 Å². The van der Waals surface area contributed by atoms with E-state index in [4.69, 9.17) is 4.74 Å². The third-order valence-electron chi connectivity index (χ3n) is 5.83. The zero-order valence-corrected chi connectivity index (χ0v) is 22.1. The molecule has 7 nitrogen and oxygen atoms in total. The molecule has 0 atom stereocenters. The van der Waals surface area contributed by atoms with Gasteiger partial charge in [-0.1, -0.05) is 78.4 Å². The van der Waals surface area contributed by atoms with Crippen LogP contribution in [0.1, 0.15) is 22.3 Å². The molecule has 0 aliphatic heterocycles. The number of para-hydroxylation sites is 2. The second kappa shape index (κ2) is 12.2. The third kappa shape index (κ3) is 6.66. The van der Waals surface area contributed by atoms with Crippen LogP contribution in [0, 0.1) is 13.8 Å². The monoisotopic (exact) mass is 527 g/mol. The smallest absolute Gasteiger partial charge is 0.264 e. The summed E-state index contributed by atoms with van der Waals surface area (Å²) in [4.78, 5) is 13.0. The average Bonchev–Trinajstić information content (AvgIpc) is 2.92. The van der Waals surface area contributed by atoms with Crippen molar-refractivity contribution in [3.8, 4) is 5.75 Å². The van der Waals surface area contributed by atoms with E-state index in [1.165, 1.54) is 6.21 Å². The van der Waals surface area contributed by atoms with Gasteiger partial charge in [-0.2, -0.15) is 5.10 Å². The van der Waals surface area contributed by atoms with E-state index in [1.807, 2.05) is 67.6 Å². The van der Waals surface area contributed by atoms with Gasteiger partial charge >= 0.3 is 0 Å². The lowest BCUT2D eigenvalue weighted by molar-refractivity contribution is -0.119. The van der Waals surface area contributed by atoms with Gasteiger partial charge in [0.05, 0.1) is 16.8 Å². The largest absolute Gasteiger partial charge is 0.488 e. The van der Waals surface area contributed by atoms with Gasteiger partial charge < -0.3 is 4.74 Å². The molecule has 194 valence electrons. The maximum absolute atomic E-state index is 13.6. The Kier molecular flexibility index (Phi) is 8.55. The Morgan fingerprint density at radius 3 is 2.26 bits per heavy atom. The average molecular weight is 528 g/mol. The molecule has 0 unspecified atom stereocenters. The molecule has 4 aromatic carbocycles. The molecule has 0 aliphatic rings. The van der Waals surface area contributed by atoms with Crippen molar-refractivity contribution < 1.29 is 17.9 Å². The van der Waals surface area contributed by atoms with Crippen LogP contribution in [-0.2, 0) is 21.4 Å². The van der Waals surface area contributed by atoms with Crippen LogP contribution in [0.15, 0.2) is 113 Å². The summed E-state index contributed by atoms with van der Waals surface area (Å²) in [6.07, 6.45) is 1.48. The molecular formula is C30H29N3O4S. The van der Waals surface area contributed by atoms with Crippen LogP contribution in [-0.4, -0.2) is 27.1 Å². The van der Waals surface area contributed by atoms with Gasteiger partial charge in [0, 0.05) is 5.56 Å². The number of hydrazone groups is 1. The minimum atomic E-state index is -4.01. The van der Waals surface area contributed by atoms with Crippen LogP contribution < -0.4 is 14.5 Å². The fourth-order valence-electron chi connectivity index (χ4n) is 3.77. The van der Waals surface area contributed by atoms with Crippen LogP contribution in [0.5, 0.6) is 5.75 Å². The highest BCUT2D eigenvalue weighted by molar-refractivity contribution is 7.92. The first-order chi connectivity index (χ1) is 18.3. The molecule has 0 aromatic heterocycles. The van der Waals surface area contributed by atoms with Crippen LogP contribution in [0.3, 0.4) is 0 Å². The lowest BCUT2D eigenvalue weighted by Crippen LogP contribution is -2.40. The standard InChI is InChI=1S/C30H29N3O4S/c1-23-16-18-27(19-17-23)38(35,36)33(28-14-8-6-10-24(28)2)21-30(34)32-31-20-26-13-7-9-15-29(26)37-22-25-11-4-3-5-12-25/h3-20H,21-22H2,1-2H3,(H,32,34)/b31-20-. The predicted molar refractivity (Wildman–Crippen MR) is 150 cm³/mol. The summed E-state index contributed by atoms with van der Waals surface area (Å²) >= 11 is 0. The van der Waals surface area contributed by atoms with Crippen molar-refractivity contribution >= 4 is 27.8 Å². The number of hydrogen-bond acceptors (Lipinski definition) is 5. The first-order valence-corrected chi connectivity index (χ1v) is 13.5. The van der Waals surface area contributed by atoms with Crippen LogP contribution >= 0.6 is 0 Å². The number of hydrogen-bond donors (Lipinski definition) is 1. The Morgan fingerprint density at radius 1 is 0.868 bits per heavy atom. The number of nitrogens with zero attached hydrogens (tertiary/aromatic N) is 2. The van der Waals surface area contributed by atoms with Gasteiger partial charge in [-0.3, -0.25) is 9.10 Å². The van der Waals surface area contributed by atoms with Crippen LogP contribution in [0.25, 0.3) is 0 Å². The van der Waals surface area contributed by atoms with Gasteiger partial charge in [-0.25, -0.2) is 13.8 Å². The highest BCUT2D eigenvalue weighted by Gasteiger charge is 2.28. The normalized spacial score (nSPS) is 11.3. The quantitative estimate of drug-likeness (QED) is 0.226. The van der Waals surface area contributed by atoms with E-state index in [0.29, 0.717) is 23.6 Å². The van der Waals surface area contributed by atoms with Gasteiger partial charge in [0.1, 0.15) is 18.9 Å². The fraction of sp³-hybridized carbons (Fsp3) is 0.133. The topological polar surface area (TPSA) is 88.1 Å². The van der Waals surface area contributed by atoms with Gasteiger partial charge in [0.2, 0.25) is 0 Å². The van der Waals surface area contributed by atoms with Crippen molar-refractivity contribution in [3.05, 3.63) is 125 Å². The van der Waals surface area contributed by atoms with E-state index >= 15 is 0 Å². The van der Waals surface area contributed by atoms with Gasteiger partial charge in [-0.15, -0.1) is 0 Å². The predicted octanol–water partition coefficient (Wildman–Crippen LogP) is 5.23. The minimum absolute atomic E-state index is 0.104. The number of nitrogens with one attached hydrogen (secondary N) is 1. The first kappa shape index (κ1) is 26.6. The summed E-state index contributed by atoms with van der Waals surface area (Å²) < 4.78 is 34.1. The second-order valence-corrected chi connectivity index (χ2v) is 10.6. The number of carbonyl (C=O) groups excluding carboxylic acids is 1. The molecule has 0 saturated heterocycles. The third-order valence-corrected chi connectivity index (χ3v) is 7.60. The lowest BCUT2D eigenvalue weighted by atomic mass is 10.2. The highest BCUT2D eigenvalue weighted by Crippen LogP contribution is 2.26. The number of anilines is 1. The number of benzene rings is 4. The molecule has 4 rings (SSSR count). The number of ether oxygens (including phenoxy) is 1. The maximum Gasteiger partial charge on any atom is 0.264 e. The van der Waals surface area contributed by atoms with Gasteiger partial charge in [-0.05, 0) is 55.3 Å². The van der Waals surface area contributed by atoms with Crippen LogP contribution in [0.4, 0.5) is 5.69 Å².